The molecule has 0 bridgehead atoms. The molecule has 1 aromatic heterocycles. The van der Waals surface area contributed by atoms with Crippen LogP contribution in [-0.4, -0.2) is 10.1 Å². The van der Waals surface area contributed by atoms with E-state index < -0.39 is 0 Å². The molecule has 0 radical (unpaired) electrons. The van der Waals surface area contributed by atoms with Gasteiger partial charge < -0.3 is 5.11 Å². The number of aromatic nitrogens is 1. The summed E-state index contributed by atoms with van der Waals surface area (Å²) in [5.41, 5.74) is 3.56. The molecule has 1 aliphatic carbocycles. The molecule has 82 valence electrons. The third kappa shape index (κ3) is 2.20. The molecule has 0 aliphatic heterocycles. The average Bonchev–Trinajstić information content (AvgIpc) is 2.27. The summed E-state index contributed by atoms with van der Waals surface area (Å²) in [6.45, 7) is 4.06. The first-order valence-electron chi connectivity index (χ1n) is 5.84. The number of aliphatic hydroxyl groups excluding tert-OH is 1. The fourth-order valence-electron chi connectivity index (χ4n) is 2.15. The topological polar surface area (TPSA) is 33.1 Å². The van der Waals surface area contributed by atoms with Crippen LogP contribution in [0.1, 0.15) is 49.6 Å². The van der Waals surface area contributed by atoms with Gasteiger partial charge in [0.2, 0.25) is 0 Å². The lowest BCUT2D eigenvalue weighted by atomic mass is 9.92. The highest BCUT2D eigenvalue weighted by molar-refractivity contribution is 5.28. The van der Waals surface area contributed by atoms with Gasteiger partial charge in [0, 0.05) is 11.9 Å². The smallest absolute Gasteiger partial charge is 0.0827 e. The normalized spacial score (nSPS) is 17.6. The monoisotopic (exact) mass is 205 g/mol. The summed E-state index contributed by atoms with van der Waals surface area (Å²) in [7, 11) is 0. The molecule has 0 aromatic carbocycles. The van der Waals surface area contributed by atoms with Crippen molar-refractivity contribution in [2.24, 2.45) is 5.92 Å². The van der Waals surface area contributed by atoms with Crippen molar-refractivity contribution in [3.05, 3.63) is 29.1 Å². The van der Waals surface area contributed by atoms with Crippen LogP contribution in [-0.2, 0) is 12.8 Å². The number of hydrogen-bond acceptors (Lipinski definition) is 2. The van der Waals surface area contributed by atoms with E-state index in [1.54, 1.807) is 0 Å². The minimum absolute atomic E-state index is 0.258. The van der Waals surface area contributed by atoms with Crippen LogP contribution >= 0.6 is 0 Å². The van der Waals surface area contributed by atoms with Crippen LogP contribution in [0.2, 0.25) is 0 Å². The molecular formula is C13H19NO. The Bertz CT molecular complexity index is 346. The van der Waals surface area contributed by atoms with Crippen LogP contribution in [0.4, 0.5) is 0 Å². The SMILES string of the molecule is CC(C)C(O)c1cnc2c(c1)CCCC2. The summed E-state index contributed by atoms with van der Waals surface area (Å²) in [6.07, 6.45) is 6.22. The van der Waals surface area contributed by atoms with E-state index in [4.69, 9.17) is 0 Å². The van der Waals surface area contributed by atoms with Crippen molar-refractivity contribution in [3.8, 4) is 0 Å². The Morgan fingerprint density at radius 3 is 2.73 bits per heavy atom. The number of hydrogen-bond donors (Lipinski definition) is 1. The van der Waals surface area contributed by atoms with Gasteiger partial charge in [0.1, 0.15) is 0 Å². The molecule has 0 amide bonds. The van der Waals surface area contributed by atoms with Gasteiger partial charge in [0.15, 0.2) is 0 Å². The fraction of sp³-hybridized carbons (Fsp3) is 0.615. The molecule has 1 heterocycles. The third-order valence-corrected chi connectivity index (χ3v) is 3.16. The molecule has 15 heavy (non-hydrogen) atoms. The Morgan fingerprint density at radius 2 is 2.00 bits per heavy atom. The van der Waals surface area contributed by atoms with E-state index in [1.807, 2.05) is 20.0 Å². The maximum absolute atomic E-state index is 9.96. The molecule has 0 saturated heterocycles. The first-order valence-corrected chi connectivity index (χ1v) is 5.84. The molecule has 1 aromatic rings. The Hall–Kier alpha value is -0.890. The lowest BCUT2D eigenvalue weighted by Crippen LogP contribution is -2.10. The van der Waals surface area contributed by atoms with Crippen LogP contribution in [0.5, 0.6) is 0 Å². The van der Waals surface area contributed by atoms with Gasteiger partial charge in [-0.15, -0.1) is 0 Å². The zero-order chi connectivity index (χ0) is 10.8. The zero-order valence-corrected chi connectivity index (χ0v) is 9.53. The minimum atomic E-state index is -0.371. The third-order valence-electron chi connectivity index (χ3n) is 3.16. The molecule has 0 spiro atoms. The van der Waals surface area contributed by atoms with Crippen molar-refractivity contribution in [2.75, 3.05) is 0 Å². The van der Waals surface area contributed by atoms with Crippen molar-refractivity contribution in [1.82, 2.24) is 4.98 Å². The number of aryl methyl sites for hydroxylation is 2. The maximum atomic E-state index is 9.96. The molecule has 1 atom stereocenters. The second-order valence-corrected chi connectivity index (χ2v) is 4.77. The van der Waals surface area contributed by atoms with Crippen molar-refractivity contribution < 1.29 is 5.11 Å². The lowest BCUT2D eigenvalue weighted by Gasteiger charge is -2.19. The molecule has 2 heteroatoms. The van der Waals surface area contributed by atoms with Crippen molar-refractivity contribution in [2.45, 2.75) is 45.6 Å². The van der Waals surface area contributed by atoms with E-state index in [0.717, 1.165) is 18.4 Å². The molecule has 0 fully saturated rings. The van der Waals surface area contributed by atoms with Gasteiger partial charge in [-0.25, -0.2) is 0 Å². The van der Waals surface area contributed by atoms with Gasteiger partial charge in [-0.05, 0) is 48.8 Å². The highest BCUT2D eigenvalue weighted by Gasteiger charge is 2.16. The largest absolute Gasteiger partial charge is 0.388 e. The summed E-state index contributed by atoms with van der Waals surface area (Å²) in [5, 5.41) is 9.96. The number of aliphatic hydroxyl groups is 1. The number of fused-ring (bicyclic) bond motifs is 1. The molecule has 0 saturated carbocycles. The van der Waals surface area contributed by atoms with E-state index in [2.05, 4.69) is 11.1 Å². The van der Waals surface area contributed by atoms with E-state index in [1.165, 1.54) is 24.1 Å². The standard InChI is InChI=1S/C13H19NO/c1-9(2)13(15)11-7-10-5-3-4-6-12(10)14-8-11/h7-9,13,15H,3-6H2,1-2H3. The van der Waals surface area contributed by atoms with E-state index in [9.17, 15) is 5.11 Å². The van der Waals surface area contributed by atoms with Gasteiger partial charge in [0.25, 0.3) is 0 Å². The average molecular weight is 205 g/mol. The van der Waals surface area contributed by atoms with Gasteiger partial charge in [0.05, 0.1) is 6.10 Å². The van der Waals surface area contributed by atoms with Crippen LogP contribution < -0.4 is 0 Å². The summed E-state index contributed by atoms with van der Waals surface area (Å²) in [6, 6.07) is 2.14. The van der Waals surface area contributed by atoms with E-state index >= 15 is 0 Å². The van der Waals surface area contributed by atoms with Crippen molar-refractivity contribution in [1.29, 1.82) is 0 Å². The Morgan fingerprint density at radius 1 is 1.27 bits per heavy atom. The van der Waals surface area contributed by atoms with Gasteiger partial charge in [-0.2, -0.15) is 0 Å². The predicted molar refractivity (Wildman–Crippen MR) is 60.7 cm³/mol. The zero-order valence-electron chi connectivity index (χ0n) is 9.53. The molecule has 2 rings (SSSR count). The molecular weight excluding hydrogens is 186 g/mol. The van der Waals surface area contributed by atoms with Crippen molar-refractivity contribution in [3.63, 3.8) is 0 Å². The molecule has 2 nitrogen and oxygen atoms in total. The fourth-order valence-corrected chi connectivity index (χ4v) is 2.15. The Kier molecular flexibility index (Phi) is 3.06. The quantitative estimate of drug-likeness (QED) is 0.805. The summed E-state index contributed by atoms with van der Waals surface area (Å²) in [4.78, 5) is 4.46. The Balaban J connectivity index is 2.27. The highest BCUT2D eigenvalue weighted by atomic mass is 16.3. The van der Waals surface area contributed by atoms with E-state index in [0.29, 0.717) is 0 Å². The summed E-state index contributed by atoms with van der Waals surface area (Å²) < 4.78 is 0. The first kappa shape index (κ1) is 10.6. The summed E-state index contributed by atoms with van der Waals surface area (Å²) >= 11 is 0. The van der Waals surface area contributed by atoms with E-state index in [-0.39, 0.29) is 12.0 Å². The number of pyridine rings is 1. The molecule has 1 N–H and O–H groups in total. The second kappa shape index (κ2) is 4.31. The molecule has 1 aliphatic rings. The maximum Gasteiger partial charge on any atom is 0.0827 e. The predicted octanol–water partition coefficient (Wildman–Crippen LogP) is 2.65. The van der Waals surface area contributed by atoms with Crippen LogP contribution in [0.3, 0.4) is 0 Å². The highest BCUT2D eigenvalue weighted by Crippen LogP contribution is 2.25. The minimum Gasteiger partial charge on any atom is -0.388 e. The summed E-state index contributed by atoms with van der Waals surface area (Å²) in [5.74, 6) is 0.258. The van der Waals surface area contributed by atoms with Crippen molar-refractivity contribution >= 4 is 0 Å². The first-order chi connectivity index (χ1) is 7.18. The molecule has 1 unspecified atom stereocenters. The number of nitrogens with zero attached hydrogens (tertiary/aromatic N) is 1. The van der Waals surface area contributed by atoms with Gasteiger partial charge >= 0.3 is 0 Å². The van der Waals surface area contributed by atoms with Gasteiger partial charge in [-0.1, -0.05) is 13.8 Å². The van der Waals surface area contributed by atoms with Crippen LogP contribution in [0, 0.1) is 5.92 Å². The van der Waals surface area contributed by atoms with Gasteiger partial charge in [-0.3, -0.25) is 4.98 Å². The van der Waals surface area contributed by atoms with Crippen LogP contribution in [0.15, 0.2) is 12.3 Å². The lowest BCUT2D eigenvalue weighted by molar-refractivity contribution is 0.126. The second-order valence-electron chi connectivity index (χ2n) is 4.77. The Labute approximate surface area is 91.4 Å². The number of rotatable bonds is 2. The van der Waals surface area contributed by atoms with Crippen LogP contribution in [0.25, 0.3) is 0 Å².